The molecule has 1 N–H and O–H groups in total. The SMILES string of the molecule is COc1ccc([C@@H](CF)N2CCNCC2)c(OC)c1.Cl. The zero-order chi connectivity index (χ0) is 13.7. The zero-order valence-corrected chi connectivity index (χ0v) is 12.7. The van der Waals surface area contributed by atoms with E-state index in [0.29, 0.717) is 5.75 Å². The van der Waals surface area contributed by atoms with Crippen LogP contribution < -0.4 is 14.8 Å². The highest BCUT2D eigenvalue weighted by atomic mass is 35.5. The highest BCUT2D eigenvalue weighted by molar-refractivity contribution is 5.85. The van der Waals surface area contributed by atoms with Gasteiger partial charge in [-0.3, -0.25) is 4.90 Å². The normalized spacial score (nSPS) is 17.1. The summed E-state index contributed by atoms with van der Waals surface area (Å²) in [4.78, 5) is 2.15. The Bertz CT molecular complexity index is 414. The molecule has 1 fully saturated rings. The van der Waals surface area contributed by atoms with Crippen LogP contribution in [0.4, 0.5) is 4.39 Å². The lowest BCUT2D eigenvalue weighted by molar-refractivity contribution is 0.145. The van der Waals surface area contributed by atoms with Gasteiger partial charge in [-0.25, -0.2) is 4.39 Å². The van der Waals surface area contributed by atoms with Crippen molar-refractivity contribution in [1.82, 2.24) is 10.2 Å². The molecule has 0 amide bonds. The second-order valence-electron chi connectivity index (χ2n) is 4.56. The number of halogens is 2. The summed E-state index contributed by atoms with van der Waals surface area (Å²) in [5, 5.41) is 3.28. The summed E-state index contributed by atoms with van der Waals surface area (Å²) in [6.45, 7) is 3.08. The molecular weight excluding hydrogens is 283 g/mol. The van der Waals surface area contributed by atoms with Gasteiger partial charge in [0.25, 0.3) is 0 Å². The van der Waals surface area contributed by atoms with Gasteiger partial charge in [-0.2, -0.15) is 0 Å². The van der Waals surface area contributed by atoms with E-state index in [1.165, 1.54) is 0 Å². The monoisotopic (exact) mass is 304 g/mol. The standard InChI is InChI=1S/C14H21FN2O2.ClH/c1-18-11-3-4-12(14(9-11)19-2)13(10-15)17-7-5-16-6-8-17;/h3-4,9,13,16H,5-8,10H2,1-2H3;1H/t13-;/m1./s1. The molecule has 1 atom stereocenters. The zero-order valence-electron chi connectivity index (χ0n) is 11.9. The van der Waals surface area contributed by atoms with Gasteiger partial charge in [-0.1, -0.05) is 0 Å². The molecule has 0 saturated carbocycles. The quantitative estimate of drug-likeness (QED) is 0.903. The molecule has 0 radical (unpaired) electrons. The van der Waals surface area contributed by atoms with Gasteiger partial charge in [-0.05, 0) is 12.1 Å². The first kappa shape index (κ1) is 17.0. The Morgan fingerprint density at radius 1 is 1.25 bits per heavy atom. The molecule has 1 aliphatic rings. The number of alkyl halides is 1. The van der Waals surface area contributed by atoms with Crippen LogP contribution in [0.3, 0.4) is 0 Å². The maximum absolute atomic E-state index is 13.5. The smallest absolute Gasteiger partial charge is 0.127 e. The van der Waals surface area contributed by atoms with Crippen LogP contribution >= 0.6 is 12.4 Å². The van der Waals surface area contributed by atoms with Gasteiger partial charge in [0, 0.05) is 37.8 Å². The highest BCUT2D eigenvalue weighted by Crippen LogP contribution is 2.33. The van der Waals surface area contributed by atoms with Gasteiger partial charge >= 0.3 is 0 Å². The predicted molar refractivity (Wildman–Crippen MR) is 80.0 cm³/mol. The van der Waals surface area contributed by atoms with E-state index < -0.39 is 6.67 Å². The fraction of sp³-hybridized carbons (Fsp3) is 0.571. The lowest BCUT2D eigenvalue weighted by Crippen LogP contribution is -2.45. The molecule has 0 aromatic heterocycles. The van der Waals surface area contributed by atoms with E-state index in [4.69, 9.17) is 9.47 Å². The van der Waals surface area contributed by atoms with E-state index in [-0.39, 0.29) is 18.4 Å². The number of piperazine rings is 1. The number of hydrogen-bond donors (Lipinski definition) is 1. The minimum Gasteiger partial charge on any atom is -0.497 e. The fourth-order valence-corrected chi connectivity index (χ4v) is 2.46. The summed E-state index contributed by atoms with van der Waals surface area (Å²) in [5.74, 6) is 1.40. The average molecular weight is 305 g/mol. The summed E-state index contributed by atoms with van der Waals surface area (Å²) in [6.07, 6.45) is 0. The Labute approximate surface area is 125 Å². The third-order valence-corrected chi connectivity index (χ3v) is 3.54. The van der Waals surface area contributed by atoms with Gasteiger partial charge in [0.15, 0.2) is 0 Å². The molecule has 0 bridgehead atoms. The molecular formula is C14H22ClFN2O2. The molecule has 0 unspecified atom stereocenters. The predicted octanol–water partition coefficient (Wildman–Crippen LogP) is 2.04. The van der Waals surface area contributed by atoms with Crippen molar-refractivity contribution >= 4 is 12.4 Å². The maximum atomic E-state index is 13.5. The van der Waals surface area contributed by atoms with Gasteiger partial charge in [0.05, 0.1) is 20.3 Å². The van der Waals surface area contributed by atoms with Crippen LogP contribution in [0.25, 0.3) is 0 Å². The van der Waals surface area contributed by atoms with Crippen molar-refractivity contribution in [2.75, 3.05) is 47.1 Å². The van der Waals surface area contributed by atoms with Gasteiger partial charge in [-0.15, -0.1) is 12.4 Å². The summed E-state index contributed by atoms with van der Waals surface area (Å²) in [5.41, 5.74) is 0.882. The molecule has 6 heteroatoms. The van der Waals surface area contributed by atoms with Crippen LogP contribution in [0.5, 0.6) is 11.5 Å². The van der Waals surface area contributed by atoms with Crippen LogP contribution in [0.1, 0.15) is 11.6 Å². The summed E-state index contributed by atoms with van der Waals surface area (Å²) < 4.78 is 24.0. The molecule has 1 aromatic rings. The lowest BCUT2D eigenvalue weighted by atomic mass is 10.0. The first-order valence-electron chi connectivity index (χ1n) is 6.52. The van der Waals surface area contributed by atoms with Crippen LogP contribution in [0.15, 0.2) is 18.2 Å². The van der Waals surface area contributed by atoms with Crippen molar-refractivity contribution in [2.45, 2.75) is 6.04 Å². The third kappa shape index (κ3) is 3.75. The van der Waals surface area contributed by atoms with E-state index in [1.807, 2.05) is 12.1 Å². The maximum Gasteiger partial charge on any atom is 0.127 e. The van der Waals surface area contributed by atoms with Crippen molar-refractivity contribution in [3.63, 3.8) is 0 Å². The first-order valence-corrected chi connectivity index (χ1v) is 6.52. The summed E-state index contributed by atoms with van der Waals surface area (Å²) in [6, 6.07) is 5.30. The molecule has 0 spiro atoms. The first-order chi connectivity index (χ1) is 9.30. The molecule has 20 heavy (non-hydrogen) atoms. The Morgan fingerprint density at radius 3 is 2.50 bits per heavy atom. The largest absolute Gasteiger partial charge is 0.497 e. The molecule has 1 saturated heterocycles. The molecule has 2 rings (SSSR count). The van der Waals surface area contributed by atoms with E-state index in [9.17, 15) is 4.39 Å². The number of ether oxygens (including phenoxy) is 2. The van der Waals surface area contributed by atoms with Crippen molar-refractivity contribution in [2.24, 2.45) is 0 Å². The Balaban J connectivity index is 0.00000200. The van der Waals surface area contributed by atoms with Crippen molar-refractivity contribution in [3.8, 4) is 11.5 Å². The molecule has 0 aliphatic carbocycles. The fourth-order valence-electron chi connectivity index (χ4n) is 2.46. The van der Waals surface area contributed by atoms with Crippen molar-refractivity contribution in [1.29, 1.82) is 0 Å². The number of hydrogen-bond acceptors (Lipinski definition) is 4. The molecule has 4 nitrogen and oxygen atoms in total. The minimum absolute atomic E-state index is 0. The number of benzene rings is 1. The van der Waals surface area contributed by atoms with E-state index >= 15 is 0 Å². The lowest BCUT2D eigenvalue weighted by Gasteiger charge is -2.34. The van der Waals surface area contributed by atoms with Crippen LogP contribution in [-0.4, -0.2) is 52.0 Å². The average Bonchev–Trinajstić information content (AvgIpc) is 2.49. The highest BCUT2D eigenvalue weighted by Gasteiger charge is 2.25. The summed E-state index contributed by atoms with van der Waals surface area (Å²) in [7, 11) is 3.21. The number of nitrogens with zero attached hydrogens (tertiary/aromatic N) is 1. The van der Waals surface area contributed by atoms with E-state index in [0.717, 1.165) is 37.5 Å². The van der Waals surface area contributed by atoms with Crippen molar-refractivity contribution < 1.29 is 13.9 Å². The summed E-state index contributed by atoms with van der Waals surface area (Å²) >= 11 is 0. The van der Waals surface area contributed by atoms with E-state index in [2.05, 4.69) is 10.2 Å². The molecule has 114 valence electrons. The number of rotatable bonds is 5. The minimum atomic E-state index is -0.414. The Kier molecular flexibility index (Phi) is 7.05. The molecule has 1 aromatic carbocycles. The van der Waals surface area contributed by atoms with Crippen LogP contribution in [0.2, 0.25) is 0 Å². The second-order valence-corrected chi connectivity index (χ2v) is 4.56. The second kappa shape index (κ2) is 8.29. The Hall–Kier alpha value is -1.04. The van der Waals surface area contributed by atoms with Crippen LogP contribution in [-0.2, 0) is 0 Å². The number of methoxy groups -OCH3 is 2. The van der Waals surface area contributed by atoms with Crippen LogP contribution in [0, 0.1) is 0 Å². The topological polar surface area (TPSA) is 33.7 Å². The third-order valence-electron chi connectivity index (χ3n) is 3.54. The molecule has 1 aliphatic heterocycles. The molecule has 1 heterocycles. The van der Waals surface area contributed by atoms with Gasteiger partial charge in [0.2, 0.25) is 0 Å². The Morgan fingerprint density at radius 2 is 1.95 bits per heavy atom. The van der Waals surface area contributed by atoms with Crippen molar-refractivity contribution in [3.05, 3.63) is 23.8 Å². The van der Waals surface area contributed by atoms with E-state index in [1.54, 1.807) is 20.3 Å². The van der Waals surface area contributed by atoms with Gasteiger partial charge in [0.1, 0.15) is 18.2 Å². The van der Waals surface area contributed by atoms with Gasteiger partial charge < -0.3 is 14.8 Å². The number of nitrogens with one attached hydrogen (secondary N) is 1.